The summed E-state index contributed by atoms with van der Waals surface area (Å²) in [6.45, 7) is 10.5. The molecule has 3 aliphatic rings. The Kier molecular flexibility index (Phi) is 8.37. The molecule has 0 aliphatic carbocycles. The van der Waals surface area contributed by atoms with Gasteiger partial charge in [0, 0.05) is 12.2 Å². The predicted molar refractivity (Wildman–Crippen MR) is 144 cm³/mol. The molecule has 0 saturated carbocycles. The number of hydrogen-bond acceptors (Lipinski definition) is 6. The molecule has 3 aliphatic heterocycles. The number of fused-ring (bicyclic) bond motifs is 1. The average molecular weight is 530 g/mol. The van der Waals surface area contributed by atoms with Gasteiger partial charge in [-0.1, -0.05) is 33.6 Å². The number of aliphatic hydroxyl groups excluding tert-OH is 1. The van der Waals surface area contributed by atoms with Crippen LogP contribution in [0.15, 0.2) is 24.3 Å². The van der Waals surface area contributed by atoms with E-state index in [1.165, 1.54) is 4.90 Å². The Bertz CT molecular complexity index is 1030. The molecule has 3 N–H and O–H groups in total. The molecule has 3 saturated heterocycles. The summed E-state index contributed by atoms with van der Waals surface area (Å²) in [5.41, 5.74) is -1.37. The van der Waals surface area contributed by atoms with E-state index >= 15 is 0 Å². The zero-order valence-electron chi connectivity index (χ0n) is 23.3. The van der Waals surface area contributed by atoms with Crippen molar-refractivity contribution in [1.29, 1.82) is 0 Å². The van der Waals surface area contributed by atoms with E-state index < -0.39 is 35.1 Å². The number of hydrogen-bond donors (Lipinski definition) is 3. The number of nitrogens with one attached hydrogen (secondary N) is 2. The van der Waals surface area contributed by atoms with E-state index in [0.717, 1.165) is 19.3 Å². The van der Waals surface area contributed by atoms with E-state index in [0.29, 0.717) is 37.4 Å². The van der Waals surface area contributed by atoms with E-state index in [-0.39, 0.29) is 30.2 Å². The van der Waals surface area contributed by atoms with Gasteiger partial charge >= 0.3 is 0 Å². The largest absolute Gasteiger partial charge is 0.494 e. The molecule has 1 aromatic carbocycles. The van der Waals surface area contributed by atoms with E-state index in [1.54, 1.807) is 24.3 Å². The van der Waals surface area contributed by atoms with Crippen LogP contribution in [0.1, 0.15) is 66.7 Å². The number of benzene rings is 1. The van der Waals surface area contributed by atoms with Gasteiger partial charge in [-0.05, 0) is 63.3 Å². The molecular formula is C29H43N3O6. The zero-order chi connectivity index (χ0) is 27.7. The Labute approximate surface area is 225 Å². The van der Waals surface area contributed by atoms with Crippen LogP contribution in [0.3, 0.4) is 0 Å². The molecule has 2 bridgehead atoms. The summed E-state index contributed by atoms with van der Waals surface area (Å²) in [6, 6.07) is 5.66. The van der Waals surface area contributed by atoms with Crippen LogP contribution < -0.4 is 15.4 Å². The molecule has 9 heteroatoms. The second-order valence-corrected chi connectivity index (χ2v) is 11.4. The predicted octanol–water partition coefficient (Wildman–Crippen LogP) is 3.11. The van der Waals surface area contributed by atoms with Gasteiger partial charge in [0.05, 0.1) is 36.7 Å². The SMILES string of the molecule is CCCCCNC(=O)C1N([C@@H](CO)C(C)C)C(=O)[C@@H]2[C@@H](C(=O)Nc3ccc(OCC)cc3)[C@@]3(C)CCC12O3. The van der Waals surface area contributed by atoms with Gasteiger partial charge in [0.25, 0.3) is 0 Å². The van der Waals surface area contributed by atoms with E-state index in [9.17, 15) is 19.5 Å². The first-order chi connectivity index (χ1) is 18.1. The van der Waals surface area contributed by atoms with Crippen LogP contribution >= 0.6 is 0 Å². The molecule has 3 fully saturated rings. The molecule has 3 heterocycles. The first-order valence-electron chi connectivity index (χ1n) is 14.1. The van der Waals surface area contributed by atoms with Gasteiger partial charge in [-0.2, -0.15) is 0 Å². The second kappa shape index (κ2) is 11.2. The van der Waals surface area contributed by atoms with Crippen LogP contribution in [0.25, 0.3) is 0 Å². The van der Waals surface area contributed by atoms with Crippen molar-refractivity contribution in [1.82, 2.24) is 10.2 Å². The molecule has 3 amide bonds. The Morgan fingerprint density at radius 3 is 2.47 bits per heavy atom. The monoisotopic (exact) mass is 529 g/mol. The number of amides is 3. The highest BCUT2D eigenvalue weighted by Crippen LogP contribution is 2.63. The van der Waals surface area contributed by atoms with Crippen molar-refractivity contribution in [2.45, 2.75) is 90.0 Å². The fourth-order valence-corrected chi connectivity index (χ4v) is 6.75. The molecule has 6 atom stereocenters. The number of carbonyl (C=O) groups excluding carboxylic acids is 3. The lowest BCUT2D eigenvalue weighted by Crippen LogP contribution is -2.59. The molecule has 38 heavy (non-hydrogen) atoms. The Morgan fingerprint density at radius 2 is 1.87 bits per heavy atom. The molecule has 0 radical (unpaired) electrons. The van der Waals surface area contributed by atoms with Crippen LogP contribution in [0.2, 0.25) is 0 Å². The van der Waals surface area contributed by atoms with Crippen LogP contribution in [0, 0.1) is 17.8 Å². The topological polar surface area (TPSA) is 117 Å². The van der Waals surface area contributed by atoms with Gasteiger partial charge < -0.3 is 30.1 Å². The van der Waals surface area contributed by atoms with Crippen LogP contribution in [0.4, 0.5) is 5.69 Å². The van der Waals surface area contributed by atoms with Gasteiger partial charge in [0.2, 0.25) is 17.7 Å². The Hall–Kier alpha value is -2.65. The number of likely N-dealkylation sites (tertiary alicyclic amines) is 1. The fourth-order valence-electron chi connectivity index (χ4n) is 6.75. The molecule has 1 aromatic rings. The first kappa shape index (κ1) is 28.4. The van der Waals surface area contributed by atoms with Crippen molar-refractivity contribution in [2.24, 2.45) is 17.8 Å². The maximum absolute atomic E-state index is 14.2. The summed E-state index contributed by atoms with van der Waals surface area (Å²) in [5.74, 6) is -1.80. The van der Waals surface area contributed by atoms with Gasteiger partial charge in [0.15, 0.2) is 0 Å². The number of ether oxygens (including phenoxy) is 2. The maximum Gasteiger partial charge on any atom is 0.245 e. The summed E-state index contributed by atoms with van der Waals surface area (Å²) in [4.78, 5) is 43.2. The zero-order valence-corrected chi connectivity index (χ0v) is 23.3. The minimum atomic E-state index is -1.11. The van der Waals surface area contributed by atoms with Crippen molar-refractivity contribution in [3.05, 3.63) is 24.3 Å². The highest BCUT2D eigenvalue weighted by Gasteiger charge is 2.78. The molecular weight excluding hydrogens is 486 g/mol. The van der Waals surface area contributed by atoms with E-state index in [2.05, 4.69) is 17.6 Å². The average Bonchev–Trinajstić information content (AvgIpc) is 3.44. The van der Waals surface area contributed by atoms with Gasteiger partial charge in [0.1, 0.15) is 17.4 Å². The van der Waals surface area contributed by atoms with E-state index in [1.807, 2.05) is 27.7 Å². The maximum atomic E-state index is 14.2. The number of unbranched alkanes of at least 4 members (excludes halogenated alkanes) is 2. The number of nitrogens with zero attached hydrogens (tertiary/aromatic N) is 1. The number of anilines is 1. The standard InChI is InChI=1S/C29H43N3O6/c1-6-8-9-16-30-26(35)24-29-15-14-28(5,38-29)22(23(29)27(36)32(24)21(17-33)18(3)4)25(34)31-19-10-12-20(13-11-19)37-7-2/h10-13,18,21-24,33H,6-9,14-17H2,1-5H3,(H,30,35)(H,31,34)/t21-,22-,23-,24?,28+,29?/m0/s1. The summed E-state index contributed by atoms with van der Waals surface area (Å²) < 4.78 is 12.1. The molecule has 210 valence electrons. The van der Waals surface area contributed by atoms with Gasteiger partial charge in [-0.3, -0.25) is 14.4 Å². The van der Waals surface area contributed by atoms with Crippen molar-refractivity contribution in [3.63, 3.8) is 0 Å². The summed E-state index contributed by atoms with van der Waals surface area (Å²) in [6.07, 6.45) is 3.94. The second-order valence-electron chi connectivity index (χ2n) is 11.4. The van der Waals surface area contributed by atoms with Crippen LogP contribution in [-0.2, 0) is 19.1 Å². The highest BCUT2D eigenvalue weighted by atomic mass is 16.5. The lowest BCUT2D eigenvalue weighted by Gasteiger charge is -2.38. The third kappa shape index (κ3) is 4.79. The third-order valence-electron chi connectivity index (χ3n) is 8.57. The Balaban J connectivity index is 1.65. The number of rotatable bonds is 12. The van der Waals surface area contributed by atoms with Crippen molar-refractivity contribution in [2.75, 3.05) is 25.1 Å². The smallest absolute Gasteiger partial charge is 0.245 e. The number of aliphatic hydroxyl groups is 1. The van der Waals surface area contributed by atoms with Crippen molar-refractivity contribution < 1.29 is 29.0 Å². The summed E-state index contributed by atoms with van der Waals surface area (Å²) >= 11 is 0. The lowest BCUT2D eigenvalue weighted by molar-refractivity contribution is -0.150. The molecule has 0 aromatic heterocycles. The normalized spacial score (nSPS) is 30.4. The van der Waals surface area contributed by atoms with Crippen LogP contribution in [-0.4, -0.2) is 70.8 Å². The quantitative estimate of drug-likeness (QED) is 0.358. The minimum Gasteiger partial charge on any atom is -0.494 e. The molecule has 9 nitrogen and oxygen atoms in total. The Morgan fingerprint density at radius 1 is 1.16 bits per heavy atom. The van der Waals surface area contributed by atoms with E-state index in [4.69, 9.17) is 9.47 Å². The molecule has 1 spiro atoms. The van der Waals surface area contributed by atoms with Crippen LogP contribution in [0.5, 0.6) is 5.75 Å². The third-order valence-corrected chi connectivity index (χ3v) is 8.57. The molecule has 2 unspecified atom stereocenters. The summed E-state index contributed by atoms with van der Waals surface area (Å²) in [5, 5.41) is 16.3. The molecule has 4 rings (SSSR count). The number of carbonyl (C=O) groups is 3. The lowest BCUT2D eigenvalue weighted by atomic mass is 9.66. The highest BCUT2D eigenvalue weighted by molar-refractivity contribution is 6.02. The van der Waals surface area contributed by atoms with Gasteiger partial charge in [-0.15, -0.1) is 0 Å². The minimum absolute atomic E-state index is 0.0847. The van der Waals surface area contributed by atoms with Crippen molar-refractivity contribution >= 4 is 23.4 Å². The summed E-state index contributed by atoms with van der Waals surface area (Å²) in [7, 11) is 0. The fraction of sp³-hybridized carbons (Fsp3) is 0.690. The van der Waals surface area contributed by atoms with Gasteiger partial charge in [-0.25, -0.2) is 0 Å². The first-order valence-corrected chi connectivity index (χ1v) is 14.1. The van der Waals surface area contributed by atoms with Crippen molar-refractivity contribution in [3.8, 4) is 5.75 Å².